The van der Waals surface area contributed by atoms with Crippen LogP contribution in [0.2, 0.25) is 0 Å². The molecule has 6 heteroatoms. The maximum atomic E-state index is 5.91. The third-order valence-corrected chi connectivity index (χ3v) is 7.84. The van der Waals surface area contributed by atoms with Gasteiger partial charge >= 0.3 is 0 Å². The molecule has 1 aliphatic rings. The van der Waals surface area contributed by atoms with E-state index in [4.69, 9.17) is 17.2 Å². The molecular weight excluding hydrogens is 504 g/mol. The van der Waals surface area contributed by atoms with Crippen LogP contribution in [0.15, 0.2) is 83.5 Å². The third kappa shape index (κ3) is 4.17. The molecular formula is C28H27BrN4S. The van der Waals surface area contributed by atoms with E-state index in [0.717, 1.165) is 27.5 Å². The minimum absolute atomic E-state index is 0.0151. The van der Waals surface area contributed by atoms with Crippen molar-refractivity contribution in [3.8, 4) is 0 Å². The highest BCUT2D eigenvalue weighted by atomic mass is 79.9. The number of halogens is 1. The van der Waals surface area contributed by atoms with Crippen LogP contribution in [0.5, 0.6) is 0 Å². The Balaban J connectivity index is 1.63. The van der Waals surface area contributed by atoms with Gasteiger partial charge in [-0.05, 0) is 86.1 Å². The van der Waals surface area contributed by atoms with Gasteiger partial charge in [-0.3, -0.25) is 4.98 Å². The van der Waals surface area contributed by atoms with Crippen molar-refractivity contribution in [1.29, 1.82) is 0 Å². The number of hydrogen-bond donors (Lipinski definition) is 1. The van der Waals surface area contributed by atoms with Crippen molar-refractivity contribution in [3.05, 3.63) is 117 Å². The summed E-state index contributed by atoms with van der Waals surface area (Å²) in [5.74, 6) is 0. The number of anilines is 1. The minimum Gasteiger partial charge on any atom is -0.351 e. The van der Waals surface area contributed by atoms with Crippen LogP contribution in [0.25, 0.3) is 0 Å². The summed E-state index contributed by atoms with van der Waals surface area (Å²) in [5.41, 5.74) is 8.27. The Morgan fingerprint density at radius 3 is 2.44 bits per heavy atom. The van der Waals surface area contributed by atoms with E-state index in [2.05, 4.69) is 112 Å². The van der Waals surface area contributed by atoms with Crippen molar-refractivity contribution in [2.75, 3.05) is 4.90 Å². The summed E-state index contributed by atoms with van der Waals surface area (Å²) >= 11 is 9.55. The predicted molar refractivity (Wildman–Crippen MR) is 146 cm³/mol. The van der Waals surface area contributed by atoms with Crippen molar-refractivity contribution in [2.24, 2.45) is 0 Å². The van der Waals surface area contributed by atoms with Crippen molar-refractivity contribution >= 4 is 38.9 Å². The van der Waals surface area contributed by atoms with Crippen LogP contribution < -0.4 is 10.2 Å². The Bertz CT molecular complexity index is 1330. The van der Waals surface area contributed by atoms with Crippen molar-refractivity contribution in [1.82, 2.24) is 14.9 Å². The van der Waals surface area contributed by atoms with Crippen LogP contribution in [0.4, 0.5) is 5.69 Å². The van der Waals surface area contributed by atoms with E-state index in [1.807, 2.05) is 18.3 Å². The second-order valence-corrected chi connectivity index (χ2v) is 10.1. The molecule has 2 aromatic heterocycles. The molecule has 1 fully saturated rings. The van der Waals surface area contributed by atoms with Crippen LogP contribution >= 0.6 is 28.1 Å². The molecule has 172 valence electrons. The molecule has 1 saturated heterocycles. The second-order valence-electron chi connectivity index (χ2n) is 8.83. The summed E-state index contributed by atoms with van der Waals surface area (Å²) < 4.78 is 3.49. The number of aromatic nitrogens is 2. The number of aryl methyl sites for hydroxylation is 2. The first-order valence-corrected chi connectivity index (χ1v) is 12.6. The van der Waals surface area contributed by atoms with E-state index >= 15 is 0 Å². The molecule has 0 unspecified atom stereocenters. The van der Waals surface area contributed by atoms with E-state index in [-0.39, 0.29) is 12.1 Å². The summed E-state index contributed by atoms with van der Waals surface area (Å²) in [5, 5.41) is 4.30. The van der Waals surface area contributed by atoms with Gasteiger partial charge in [-0.15, -0.1) is 0 Å². The van der Waals surface area contributed by atoms with E-state index < -0.39 is 0 Å². The molecule has 0 saturated carbocycles. The number of hydrogen-bond acceptors (Lipinski definition) is 2. The molecule has 0 amide bonds. The fourth-order valence-electron chi connectivity index (χ4n) is 4.86. The zero-order valence-corrected chi connectivity index (χ0v) is 21.9. The number of nitrogens with one attached hydrogen (secondary N) is 1. The lowest BCUT2D eigenvalue weighted by Crippen LogP contribution is -2.29. The quantitative estimate of drug-likeness (QED) is 0.287. The van der Waals surface area contributed by atoms with E-state index in [1.54, 1.807) is 0 Å². The summed E-state index contributed by atoms with van der Waals surface area (Å²) in [6.07, 6.45) is 1.85. The zero-order chi connectivity index (χ0) is 23.8. The molecule has 3 heterocycles. The standard InChI is InChI=1S/C28H27BrN4S/c1-18-15-22(12-13-24(18)29)33-27(26(31-28(33)34)25-11-7-8-14-30-25)23-16-19(2)32(20(23)3)17-21-9-5-4-6-10-21/h4-16,26-27H,17H2,1-3H3,(H,31,34)/t26-,27-/m1/s1. The van der Waals surface area contributed by atoms with Crippen molar-refractivity contribution in [2.45, 2.75) is 39.4 Å². The largest absolute Gasteiger partial charge is 0.351 e. The van der Waals surface area contributed by atoms with Gasteiger partial charge < -0.3 is 14.8 Å². The fourth-order valence-corrected chi connectivity index (χ4v) is 5.46. The number of benzene rings is 2. The van der Waals surface area contributed by atoms with Gasteiger partial charge in [0.15, 0.2) is 5.11 Å². The molecule has 1 aliphatic heterocycles. The second kappa shape index (κ2) is 9.35. The van der Waals surface area contributed by atoms with Gasteiger partial charge in [-0.25, -0.2) is 0 Å². The van der Waals surface area contributed by atoms with Gasteiger partial charge in [0.2, 0.25) is 0 Å². The Hall–Kier alpha value is -2.96. The van der Waals surface area contributed by atoms with Crippen LogP contribution in [0.3, 0.4) is 0 Å². The lowest BCUT2D eigenvalue weighted by molar-refractivity contribution is 0.563. The fraction of sp³-hybridized carbons (Fsp3) is 0.214. The van der Waals surface area contributed by atoms with Crippen molar-refractivity contribution < 1.29 is 0 Å². The van der Waals surface area contributed by atoms with Gasteiger partial charge in [0.05, 0.1) is 17.8 Å². The number of rotatable bonds is 5. The zero-order valence-electron chi connectivity index (χ0n) is 19.5. The van der Waals surface area contributed by atoms with Gasteiger partial charge in [-0.2, -0.15) is 0 Å². The Labute approximate surface area is 214 Å². The Morgan fingerprint density at radius 1 is 0.971 bits per heavy atom. The predicted octanol–water partition coefficient (Wildman–Crippen LogP) is 6.80. The number of nitrogens with zero attached hydrogens (tertiary/aromatic N) is 3. The summed E-state index contributed by atoms with van der Waals surface area (Å²) in [6.45, 7) is 7.35. The summed E-state index contributed by atoms with van der Waals surface area (Å²) in [6, 6.07) is 25.3. The summed E-state index contributed by atoms with van der Waals surface area (Å²) in [7, 11) is 0. The van der Waals surface area contributed by atoms with Crippen LogP contribution in [0.1, 0.15) is 45.9 Å². The van der Waals surface area contributed by atoms with Crippen LogP contribution in [-0.4, -0.2) is 14.7 Å². The van der Waals surface area contributed by atoms with Gasteiger partial charge in [-0.1, -0.05) is 52.3 Å². The van der Waals surface area contributed by atoms with Gasteiger partial charge in [0, 0.05) is 34.3 Å². The van der Waals surface area contributed by atoms with E-state index in [9.17, 15) is 0 Å². The van der Waals surface area contributed by atoms with Gasteiger partial charge in [0.25, 0.3) is 0 Å². The number of thiocarbonyl (C=S) groups is 1. The Kier molecular flexibility index (Phi) is 6.28. The average molecular weight is 532 g/mol. The first-order valence-electron chi connectivity index (χ1n) is 11.4. The molecule has 4 aromatic rings. The highest BCUT2D eigenvalue weighted by Gasteiger charge is 2.42. The maximum Gasteiger partial charge on any atom is 0.174 e. The summed E-state index contributed by atoms with van der Waals surface area (Å²) in [4.78, 5) is 6.95. The molecule has 0 radical (unpaired) electrons. The highest BCUT2D eigenvalue weighted by molar-refractivity contribution is 9.10. The minimum atomic E-state index is -0.0525. The average Bonchev–Trinajstić information content (AvgIpc) is 3.33. The molecule has 2 atom stereocenters. The first kappa shape index (κ1) is 22.8. The van der Waals surface area contributed by atoms with Gasteiger partial charge in [0.1, 0.15) is 0 Å². The SMILES string of the molecule is Cc1cc(N2C(=S)N[C@H](c3ccccn3)[C@H]2c2cc(C)n(Cc3ccccc3)c2C)ccc1Br. The first-order chi connectivity index (χ1) is 16.4. The normalized spacial score (nSPS) is 17.8. The van der Waals surface area contributed by atoms with E-state index in [0.29, 0.717) is 0 Å². The smallest absolute Gasteiger partial charge is 0.174 e. The molecule has 4 nitrogen and oxygen atoms in total. The molecule has 0 aliphatic carbocycles. The topological polar surface area (TPSA) is 33.1 Å². The maximum absolute atomic E-state index is 5.91. The molecule has 5 rings (SSSR count). The van der Waals surface area contributed by atoms with Crippen LogP contribution in [0, 0.1) is 20.8 Å². The van der Waals surface area contributed by atoms with Crippen LogP contribution in [-0.2, 0) is 6.54 Å². The molecule has 1 N–H and O–H groups in total. The van der Waals surface area contributed by atoms with Crippen molar-refractivity contribution in [3.63, 3.8) is 0 Å². The molecule has 34 heavy (non-hydrogen) atoms. The Morgan fingerprint density at radius 2 is 1.74 bits per heavy atom. The monoisotopic (exact) mass is 530 g/mol. The lowest BCUT2D eigenvalue weighted by Gasteiger charge is -2.28. The highest BCUT2D eigenvalue weighted by Crippen LogP contribution is 2.43. The molecule has 0 bridgehead atoms. The van der Waals surface area contributed by atoms with E-state index in [1.165, 1.54) is 28.1 Å². The lowest BCUT2D eigenvalue weighted by atomic mass is 9.96. The third-order valence-electron chi connectivity index (χ3n) is 6.63. The number of pyridine rings is 1. The molecule has 2 aromatic carbocycles. The molecule has 0 spiro atoms.